The number of hydrogen-bond donors (Lipinski definition) is 2. The smallest absolute Gasteiger partial charge is 0.325 e. The van der Waals surface area contributed by atoms with E-state index in [2.05, 4.69) is 5.32 Å². The Hall–Kier alpha value is -1.95. The minimum atomic E-state index is -1.05. The lowest BCUT2D eigenvalue weighted by Gasteiger charge is -2.24. The van der Waals surface area contributed by atoms with Gasteiger partial charge >= 0.3 is 5.97 Å². The van der Waals surface area contributed by atoms with Crippen LogP contribution in [0.25, 0.3) is 0 Å². The van der Waals surface area contributed by atoms with E-state index in [4.69, 9.17) is 5.11 Å². The van der Waals surface area contributed by atoms with Crippen molar-refractivity contribution in [1.82, 2.24) is 10.2 Å². The lowest BCUT2D eigenvalue weighted by Crippen LogP contribution is -2.48. The van der Waals surface area contributed by atoms with Crippen molar-refractivity contribution >= 4 is 11.9 Å². The van der Waals surface area contributed by atoms with Crippen LogP contribution in [0.15, 0.2) is 24.3 Å². The SMILES string of the molecule is C[C@H](NC(=O)[C@@H]1CCCN1Cc1ccc(F)cc1)C(=O)O. The van der Waals surface area contributed by atoms with Crippen LogP contribution in [0.4, 0.5) is 4.39 Å². The maximum Gasteiger partial charge on any atom is 0.325 e. The number of carboxylic acid groups (broad SMARTS) is 1. The van der Waals surface area contributed by atoms with Crippen molar-refractivity contribution in [1.29, 1.82) is 0 Å². The molecule has 2 N–H and O–H groups in total. The average molecular weight is 294 g/mol. The van der Waals surface area contributed by atoms with Crippen LogP contribution in [-0.2, 0) is 16.1 Å². The van der Waals surface area contributed by atoms with Gasteiger partial charge in [0.2, 0.25) is 5.91 Å². The van der Waals surface area contributed by atoms with E-state index >= 15 is 0 Å². The van der Waals surface area contributed by atoms with Gasteiger partial charge in [0.15, 0.2) is 0 Å². The minimum Gasteiger partial charge on any atom is -0.480 e. The highest BCUT2D eigenvalue weighted by molar-refractivity contribution is 5.86. The van der Waals surface area contributed by atoms with Crippen LogP contribution in [0.1, 0.15) is 25.3 Å². The third-order valence-electron chi connectivity index (χ3n) is 3.69. The third-order valence-corrected chi connectivity index (χ3v) is 3.69. The highest BCUT2D eigenvalue weighted by atomic mass is 19.1. The molecule has 0 aromatic heterocycles. The zero-order valence-electron chi connectivity index (χ0n) is 11.9. The molecule has 1 fully saturated rings. The Balaban J connectivity index is 1.98. The number of carboxylic acids is 1. The topological polar surface area (TPSA) is 69.6 Å². The highest BCUT2D eigenvalue weighted by Crippen LogP contribution is 2.20. The second-order valence-corrected chi connectivity index (χ2v) is 5.32. The van der Waals surface area contributed by atoms with E-state index in [9.17, 15) is 14.0 Å². The Morgan fingerprint density at radius 1 is 1.43 bits per heavy atom. The van der Waals surface area contributed by atoms with Crippen LogP contribution in [0, 0.1) is 5.82 Å². The van der Waals surface area contributed by atoms with Gasteiger partial charge in [-0.3, -0.25) is 14.5 Å². The summed E-state index contributed by atoms with van der Waals surface area (Å²) in [6.07, 6.45) is 1.60. The van der Waals surface area contributed by atoms with Crippen molar-refractivity contribution in [3.63, 3.8) is 0 Å². The van der Waals surface area contributed by atoms with Crippen molar-refractivity contribution < 1.29 is 19.1 Å². The van der Waals surface area contributed by atoms with Crippen LogP contribution in [-0.4, -0.2) is 40.5 Å². The number of nitrogens with zero attached hydrogens (tertiary/aromatic N) is 1. The number of nitrogens with one attached hydrogen (secondary N) is 1. The number of likely N-dealkylation sites (tertiary alicyclic amines) is 1. The minimum absolute atomic E-state index is 0.260. The molecule has 1 amide bonds. The van der Waals surface area contributed by atoms with Gasteiger partial charge in [-0.05, 0) is 44.0 Å². The average Bonchev–Trinajstić information content (AvgIpc) is 2.89. The first-order valence-corrected chi connectivity index (χ1v) is 6.99. The van der Waals surface area contributed by atoms with E-state index in [1.807, 2.05) is 4.90 Å². The molecular weight excluding hydrogens is 275 g/mol. The second kappa shape index (κ2) is 6.67. The van der Waals surface area contributed by atoms with E-state index < -0.39 is 12.0 Å². The van der Waals surface area contributed by atoms with Gasteiger partial charge in [0.1, 0.15) is 11.9 Å². The Labute approximate surface area is 122 Å². The van der Waals surface area contributed by atoms with Crippen LogP contribution < -0.4 is 5.32 Å². The first-order valence-electron chi connectivity index (χ1n) is 6.99. The molecule has 2 rings (SSSR count). The maximum absolute atomic E-state index is 12.9. The first kappa shape index (κ1) is 15.4. The van der Waals surface area contributed by atoms with Gasteiger partial charge < -0.3 is 10.4 Å². The summed E-state index contributed by atoms with van der Waals surface area (Å²) >= 11 is 0. The number of carbonyl (C=O) groups excluding carboxylic acids is 1. The van der Waals surface area contributed by atoms with Crippen molar-refractivity contribution in [2.24, 2.45) is 0 Å². The lowest BCUT2D eigenvalue weighted by molar-refractivity contribution is -0.142. The molecule has 1 aliphatic rings. The molecule has 114 valence electrons. The molecule has 0 aliphatic carbocycles. The highest BCUT2D eigenvalue weighted by Gasteiger charge is 2.31. The molecule has 6 heteroatoms. The molecule has 1 heterocycles. The van der Waals surface area contributed by atoms with Crippen molar-refractivity contribution in [3.8, 4) is 0 Å². The number of rotatable bonds is 5. The van der Waals surface area contributed by atoms with E-state index in [-0.39, 0.29) is 17.8 Å². The first-order chi connectivity index (χ1) is 9.97. The summed E-state index contributed by atoms with van der Waals surface area (Å²) < 4.78 is 12.9. The zero-order chi connectivity index (χ0) is 15.4. The molecule has 5 nitrogen and oxygen atoms in total. The van der Waals surface area contributed by atoms with Crippen LogP contribution in [0.2, 0.25) is 0 Å². The summed E-state index contributed by atoms with van der Waals surface area (Å²) in [6.45, 7) is 2.77. The fourth-order valence-electron chi connectivity index (χ4n) is 2.51. The molecule has 1 saturated heterocycles. The number of halogens is 1. The van der Waals surface area contributed by atoms with Gasteiger partial charge in [-0.15, -0.1) is 0 Å². The molecular formula is C15H19FN2O3. The molecule has 0 saturated carbocycles. The summed E-state index contributed by atoms with van der Waals surface area (Å²) in [4.78, 5) is 24.9. The monoisotopic (exact) mass is 294 g/mol. The molecule has 1 aromatic carbocycles. The number of carbonyl (C=O) groups is 2. The largest absolute Gasteiger partial charge is 0.480 e. The van der Waals surface area contributed by atoms with E-state index in [0.29, 0.717) is 13.0 Å². The maximum atomic E-state index is 12.9. The third kappa shape index (κ3) is 4.01. The van der Waals surface area contributed by atoms with Gasteiger partial charge in [-0.2, -0.15) is 0 Å². The van der Waals surface area contributed by atoms with Gasteiger partial charge in [-0.1, -0.05) is 12.1 Å². The molecule has 1 aliphatic heterocycles. The number of aliphatic carboxylic acids is 1. The molecule has 1 aromatic rings. The van der Waals surface area contributed by atoms with Gasteiger partial charge in [0, 0.05) is 6.54 Å². The number of amides is 1. The summed E-state index contributed by atoms with van der Waals surface area (Å²) in [5.41, 5.74) is 0.933. The number of benzene rings is 1. The van der Waals surface area contributed by atoms with E-state index in [1.54, 1.807) is 12.1 Å². The van der Waals surface area contributed by atoms with Crippen LogP contribution >= 0.6 is 0 Å². The number of hydrogen-bond acceptors (Lipinski definition) is 3. The lowest BCUT2D eigenvalue weighted by atomic mass is 10.1. The van der Waals surface area contributed by atoms with Crippen molar-refractivity contribution in [3.05, 3.63) is 35.6 Å². The van der Waals surface area contributed by atoms with Crippen molar-refractivity contribution in [2.45, 2.75) is 38.4 Å². The Morgan fingerprint density at radius 2 is 2.10 bits per heavy atom. The summed E-state index contributed by atoms with van der Waals surface area (Å²) in [6, 6.07) is 4.97. The van der Waals surface area contributed by atoms with Gasteiger partial charge in [-0.25, -0.2) is 4.39 Å². The molecule has 0 radical (unpaired) electrons. The standard InChI is InChI=1S/C15H19FN2O3/c1-10(15(20)21)17-14(19)13-3-2-8-18(13)9-11-4-6-12(16)7-5-11/h4-7,10,13H,2-3,8-9H2,1H3,(H,17,19)(H,20,21)/t10-,13-/m0/s1. The van der Waals surface area contributed by atoms with Crippen LogP contribution in [0.5, 0.6) is 0 Å². The van der Waals surface area contributed by atoms with Crippen LogP contribution in [0.3, 0.4) is 0 Å². The molecule has 0 bridgehead atoms. The quantitative estimate of drug-likeness (QED) is 0.861. The Kier molecular flexibility index (Phi) is 4.90. The molecule has 2 atom stereocenters. The Bertz CT molecular complexity index is 518. The summed E-state index contributed by atoms with van der Waals surface area (Å²) in [5.74, 6) is -1.60. The van der Waals surface area contributed by atoms with Gasteiger partial charge in [0.25, 0.3) is 0 Å². The van der Waals surface area contributed by atoms with E-state index in [1.165, 1.54) is 19.1 Å². The van der Waals surface area contributed by atoms with Crippen molar-refractivity contribution in [2.75, 3.05) is 6.54 Å². The second-order valence-electron chi connectivity index (χ2n) is 5.32. The Morgan fingerprint density at radius 3 is 2.71 bits per heavy atom. The predicted molar refractivity (Wildman–Crippen MR) is 75.1 cm³/mol. The molecule has 0 spiro atoms. The fourth-order valence-corrected chi connectivity index (χ4v) is 2.51. The molecule has 0 unspecified atom stereocenters. The van der Waals surface area contributed by atoms with Gasteiger partial charge in [0.05, 0.1) is 6.04 Å². The summed E-state index contributed by atoms with van der Waals surface area (Å²) in [7, 11) is 0. The fraction of sp³-hybridized carbons (Fsp3) is 0.467. The normalized spacial score (nSPS) is 20.2. The van der Waals surface area contributed by atoms with E-state index in [0.717, 1.165) is 18.5 Å². The summed E-state index contributed by atoms with van der Waals surface area (Å²) in [5, 5.41) is 11.3. The molecule has 21 heavy (non-hydrogen) atoms. The predicted octanol–water partition coefficient (Wildman–Crippen LogP) is 1.38. The zero-order valence-corrected chi connectivity index (χ0v) is 11.9.